The van der Waals surface area contributed by atoms with Crippen molar-refractivity contribution in [1.82, 2.24) is 10.2 Å². The highest BCUT2D eigenvalue weighted by Gasteiger charge is 2.52. The fraction of sp³-hybridized carbons (Fsp3) is 0.481. The Kier molecular flexibility index (Phi) is 6.06. The van der Waals surface area contributed by atoms with E-state index in [0.717, 1.165) is 37.8 Å². The zero-order valence-corrected chi connectivity index (χ0v) is 21.6. The van der Waals surface area contributed by atoms with E-state index in [1.165, 1.54) is 12.1 Å². The van der Waals surface area contributed by atoms with Crippen LogP contribution < -0.4 is 5.32 Å². The van der Waals surface area contributed by atoms with Crippen LogP contribution in [0.3, 0.4) is 0 Å². The van der Waals surface area contributed by atoms with Gasteiger partial charge in [-0.15, -0.1) is 0 Å². The van der Waals surface area contributed by atoms with Crippen LogP contribution in [0.4, 0.5) is 8.78 Å². The highest BCUT2D eigenvalue weighted by atomic mass is 35.5. The molecule has 2 aromatic rings. The third-order valence-electron chi connectivity index (χ3n) is 8.27. The number of fused-ring (bicyclic) bond motifs is 1. The third-order valence-corrected chi connectivity index (χ3v) is 10.8. The molecule has 4 aliphatic rings. The van der Waals surface area contributed by atoms with Crippen LogP contribution in [-0.4, -0.2) is 42.5 Å². The molecule has 3 saturated carbocycles. The number of benzene rings is 2. The van der Waals surface area contributed by atoms with Crippen molar-refractivity contribution in [2.24, 2.45) is 11.8 Å². The molecule has 1 heterocycles. The van der Waals surface area contributed by atoms with E-state index in [1.54, 1.807) is 17.0 Å². The van der Waals surface area contributed by atoms with Gasteiger partial charge < -0.3 is 10.2 Å². The van der Waals surface area contributed by atoms with E-state index < -0.39 is 44.7 Å². The summed E-state index contributed by atoms with van der Waals surface area (Å²) >= 11 is 5.72. The summed E-state index contributed by atoms with van der Waals surface area (Å²) in [7, 11) is -3.47. The minimum Gasteiger partial charge on any atom is -0.347 e. The summed E-state index contributed by atoms with van der Waals surface area (Å²) in [4.78, 5) is 29.0. The van der Waals surface area contributed by atoms with Crippen molar-refractivity contribution >= 4 is 33.3 Å². The molecular weight excluding hydrogens is 522 g/mol. The van der Waals surface area contributed by atoms with Gasteiger partial charge in [-0.1, -0.05) is 17.7 Å². The number of nitrogens with one attached hydrogen (secondary N) is 1. The molecular formula is C27H27ClF2N2O4S. The molecule has 196 valence electrons. The first kappa shape index (κ1) is 24.8. The molecule has 0 radical (unpaired) electrons. The van der Waals surface area contributed by atoms with E-state index in [4.69, 9.17) is 11.6 Å². The SMILES string of the molecule is O=C(N[C@@H](c1cc(F)c(Cl)cc1F)C1CC1)[C@H]1C[C@H]2CC[C@H]2N1C(=O)c1cccc(S(=O)(=O)C2CC2)c1. The van der Waals surface area contributed by atoms with Crippen molar-refractivity contribution < 1.29 is 26.8 Å². The largest absolute Gasteiger partial charge is 0.347 e. The maximum absolute atomic E-state index is 14.7. The Morgan fingerprint density at radius 2 is 1.76 bits per heavy atom. The lowest BCUT2D eigenvalue weighted by molar-refractivity contribution is -0.126. The van der Waals surface area contributed by atoms with Gasteiger partial charge in [-0.3, -0.25) is 9.59 Å². The second kappa shape index (κ2) is 9.05. The predicted molar refractivity (Wildman–Crippen MR) is 133 cm³/mol. The van der Waals surface area contributed by atoms with Gasteiger partial charge in [-0.2, -0.15) is 0 Å². The van der Waals surface area contributed by atoms with Crippen LogP contribution in [0, 0.1) is 23.5 Å². The van der Waals surface area contributed by atoms with E-state index in [9.17, 15) is 26.8 Å². The first-order valence-electron chi connectivity index (χ1n) is 12.8. The molecule has 0 bridgehead atoms. The van der Waals surface area contributed by atoms with Crippen LogP contribution >= 0.6 is 11.6 Å². The van der Waals surface area contributed by atoms with Crippen molar-refractivity contribution in [1.29, 1.82) is 0 Å². The van der Waals surface area contributed by atoms with Crippen LogP contribution in [0.25, 0.3) is 0 Å². The Bertz CT molecular complexity index is 1390. The molecule has 4 atom stereocenters. The second-order valence-electron chi connectivity index (χ2n) is 10.8. The van der Waals surface area contributed by atoms with Crippen molar-refractivity contribution in [3.63, 3.8) is 0 Å². The molecule has 0 unspecified atom stereocenters. The minimum absolute atomic E-state index is 0.0226. The van der Waals surface area contributed by atoms with E-state index in [-0.39, 0.29) is 44.8 Å². The Morgan fingerprint density at radius 3 is 2.41 bits per heavy atom. The van der Waals surface area contributed by atoms with Gasteiger partial charge >= 0.3 is 0 Å². The quantitative estimate of drug-likeness (QED) is 0.503. The maximum atomic E-state index is 14.7. The van der Waals surface area contributed by atoms with Crippen molar-refractivity contribution in [2.75, 3.05) is 0 Å². The molecule has 3 aliphatic carbocycles. The number of carbonyl (C=O) groups is 2. The number of hydrogen-bond donors (Lipinski definition) is 1. The van der Waals surface area contributed by atoms with Crippen LogP contribution in [0.5, 0.6) is 0 Å². The van der Waals surface area contributed by atoms with Gasteiger partial charge in [-0.05, 0) is 87.1 Å². The highest BCUT2D eigenvalue weighted by molar-refractivity contribution is 7.92. The van der Waals surface area contributed by atoms with Crippen molar-refractivity contribution in [2.45, 2.75) is 73.2 Å². The summed E-state index contributed by atoms with van der Waals surface area (Å²) in [6, 6.07) is 6.42. The smallest absolute Gasteiger partial charge is 0.254 e. The Hall–Kier alpha value is -2.52. The molecule has 1 saturated heterocycles. The van der Waals surface area contributed by atoms with Gasteiger partial charge in [-0.25, -0.2) is 17.2 Å². The standard InChI is InChI=1S/C27H27ClF2N2O4S/c28-20-13-21(29)19(12-22(20)30)25(14-4-5-14)31-26(33)24-11-15-6-9-23(15)32(24)27(34)16-2-1-3-18(10-16)37(35,36)17-7-8-17/h1-3,10,12-15,17,23-25H,4-9,11H2,(H,31,33)/t15-,23-,24-,25-/m1/s1. The van der Waals surface area contributed by atoms with E-state index in [1.807, 2.05) is 0 Å². The number of amides is 2. The molecule has 4 fully saturated rings. The predicted octanol–water partition coefficient (Wildman–Crippen LogP) is 4.81. The van der Waals surface area contributed by atoms with Crippen molar-refractivity contribution in [3.8, 4) is 0 Å². The van der Waals surface area contributed by atoms with Crippen LogP contribution in [0.1, 0.15) is 66.9 Å². The second-order valence-corrected chi connectivity index (χ2v) is 13.4. The zero-order valence-electron chi connectivity index (χ0n) is 20.0. The first-order chi connectivity index (χ1) is 17.6. The molecule has 2 aromatic carbocycles. The topological polar surface area (TPSA) is 83.6 Å². The minimum atomic E-state index is -3.47. The summed E-state index contributed by atoms with van der Waals surface area (Å²) in [6.45, 7) is 0. The average molecular weight is 549 g/mol. The maximum Gasteiger partial charge on any atom is 0.254 e. The van der Waals surface area contributed by atoms with Gasteiger partial charge in [0.25, 0.3) is 5.91 Å². The molecule has 0 aromatic heterocycles. The van der Waals surface area contributed by atoms with Crippen LogP contribution in [-0.2, 0) is 14.6 Å². The Labute approximate surface area is 219 Å². The first-order valence-corrected chi connectivity index (χ1v) is 14.7. The molecule has 6 rings (SSSR count). The van der Waals surface area contributed by atoms with Gasteiger partial charge in [0.1, 0.15) is 17.7 Å². The summed E-state index contributed by atoms with van der Waals surface area (Å²) < 4.78 is 54.4. The van der Waals surface area contributed by atoms with Crippen molar-refractivity contribution in [3.05, 3.63) is 64.2 Å². The third kappa shape index (κ3) is 4.44. The fourth-order valence-corrected chi connectivity index (χ4v) is 7.63. The number of rotatable bonds is 7. The van der Waals surface area contributed by atoms with Gasteiger partial charge in [0, 0.05) is 17.2 Å². The number of likely N-dealkylation sites (tertiary alicyclic amines) is 1. The number of halogens is 3. The molecule has 0 spiro atoms. The Morgan fingerprint density at radius 1 is 1.00 bits per heavy atom. The molecule has 2 amide bonds. The number of carbonyl (C=O) groups excluding carboxylic acids is 2. The van der Waals surface area contributed by atoms with E-state index in [2.05, 4.69) is 5.32 Å². The molecule has 10 heteroatoms. The van der Waals surface area contributed by atoms with Gasteiger partial charge in [0.2, 0.25) is 5.91 Å². The van der Waals surface area contributed by atoms with E-state index >= 15 is 0 Å². The summed E-state index contributed by atoms with van der Waals surface area (Å²) in [6.07, 6.45) is 4.95. The van der Waals surface area contributed by atoms with E-state index in [0.29, 0.717) is 19.3 Å². The number of hydrogen-bond acceptors (Lipinski definition) is 4. The number of nitrogens with zero attached hydrogens (tertiary/aromatic N) is 1. The lowest BCUT2D eigenvalue weighted by atomic mass is 9.80. The lowest BCUT2D eigenvalue weighted by Gasteiger charge is -2.37. The summed E-state index contributed by atoms with van der Waals surface area (Å²) in [5.74, 6) is -2.07. The summed E-state index contributed by atoms with van der Waals surface area (Å²) in [5, 5.41) is 2.20. The molecule has 37 heavy (non-hydrogen) atoms. The van der Waals surface area contributed by atoms with Crippen LogP contribution in [0.2, 0.25) is 5.02 Å². The summed E-state index contributed by atoms with van der Waals surface area (Å²) in [5.41, 5.74) is 0.284. The normalized spacial score (nSPS) is 25.8. The monoisotopic (exact) mass is 548 g/mol. The van der Waals surface area contributed by atoms with Gasteiger partial charge in [0.15, 0.2) is 9.84 Å². The van der Waals surface area contributed by atoms with Crippen LogP contribution in [0.15, 0.2) is 41.3 Å². The highest BCUT2D eigenvalue weighted by Crippen LogP contribution is 2.46. The Balaban J connectivity index is 1.27. The molecule has 1 N–H and O–H groups in total. The fourth-order valence-electron chi connectivity index (χ4n) is 5.78. The zero-order chi connectivity index (χ0) is 26.1. The lowest BCUT2D eigenvalue weighted by Crippen LogP contribution is -2.51. The average Bonchev–Trinajstić information content (AvgIpc) is 3.76. The molecule has 6 nitrogen and oxygen atoms in total. The number of sulfone groups is 1. The van der Waals surface area contributed by atoms with Gasteiger partial charge in [0.05, 0.1) is 21.2 Å². The molecule has 1 aliphatic heterocycles.